The first kappa shape index (κ1) is 11.3. The van der Waals surface area contributed by atoms with Gasteiger partial charge in [-0.05, 0) is 30.1 Å². The van der Waals surface area contributed by atoms with Crippen molar-refractivity contribution in [3.05, 3.63) is 24.1 Å². The predicted octanol–water partition coefficient (Wildman–Crippen LogP) is 2.78. The van der Waals surface area contributed by atoms with Crippen LogP contribution in [0.4, 0.5) is 10.2 Å². The zero-order valence-corrected chi connectivity index (χ0v) is 9.11. The Labute approximate surface area is 88.3 Å². The zero-order valence-electron chi connectivity index (χ0n) is 8.29. The fourth-order valence-corrected chi connectivity index (χ4v) is 1.68. The van der Waals surface area contributed by atoms with Crippen LogP contribution in [-0.4, -0.2) is 23.0 Å². The molecule has 0 spiro atoms. The Kier molecular flexibility index (Phi) is 5.37. The standard InChI is InChI=1S/C10H15FN2S/c1-2-14-8-4-7-12-10-6-3-5-9(11)13-10/h3,5-6H,2,4,7-8H2,1H3,(H,12,13). The van der Waals surface area contributed by atoms with Crippen molar-refractivity contribution in [1.29, 1.82) is 0 Å². The SMILES string of the molecule is CCSCCCNc1cccc(F)n1. The molecule has 2 nitrogen and oxygen atoms in total. The Hall–Kier alpha value is -0.770. The van der Waals surface area contributed by atoms with E-state index in [4.69, 9.17) is 0 Å². The van der Waals surface area contributed by atoms with Crippen LogP contribution in [0.15, 0.2) is 18.2 Å². The Morgan fingerprint density at radius 2 is 2.36 bits per heavy atom. The van der Waals surface area contributed by atoms with E-state index in [1.165, 1.54) is 6.07 Å². The third-order valence-corrected chi connectivity index (χ3v) is 2.68. The first-order valence-corrected chi connectivity index (χ1v) is 5.92. The number of hydrogen-bond donors (Lipinski definition) is 1. The molecule has 1 heterocycles. The summed E-state index contributed by atoms with van der Waals surface area (Å²) >= 11 is 1.91. The molecule has 1 rings (SSSR count). The summed E-state index contributed by atoms with van der Waals surface area (Å²) in [6, 6.07) is 4.78. The van der Waals surface area contributed by atoms with Crippen molar-refractivity contribution in [3.63, 3.8) is 0 Å². The second-order valence-corrected chi connectivity index (χ2v) is 4.22. The van der Waals surface area contributed by atoms with Crippen LogP contribution in [0.3, 0.4) is 0 Å². The highest BCUT2D eigenvalue weighted by molar-refractivity contribution is 7.99. The molecule has 0 aliphatic rings. The summed E-state index contributed by atoms with van der Waals surface area (Å²) < 4.78 is 12.6. The van der Waals surface area contributed by atoms with Gasteiger partial charge in [-0.15, -0.1) is 0 Å². The second-order valence-electron chi connectivity index (χ2n) is 2.82. The molecule has 0 unspecified atom stereocenters. The highest BCUT2D eigenvalue weighted by Crippen LogP contribution is 2.05. The van der Waals surface area contributed by atoms with Gasteiger partial charge in [0.05, 0.1) is 0 Å². The molecule has 1 N–H and O–H groups in total. The van der Waals surface area contributed by atoms with E-state index in [1.54, 1.807) is 12.1 Å². The van der Waals surface area contributed by atoms with Gasteiger partial charge in [0.2, 0.25) is 5.95 Å². The predicted molar refractivity (Wildman–Crippen MR) is 60.3 cm³/mol. The minimum absolute atomic E-state index is 0.432. The van der Waals surface area contributed by atoms with E-state index in [0.717, 1.165) is 24.5 Å². The van der Waals surface area contributed by atoms with E-state index in [-0.39, 0.29) is 0 Å². The van der Waals surface area contributed by atoms with Crippen LogP contribution < -0.4 is 5.32 Å². The van der Waals surface area contributed by atoms with E-state index in [9.17, 15) is 4.39 Å². The Bertz CT molecular complexity index is 268. The number of hydrogen-bond acceptors (Lipinski definition) is 3. The highest BCUT2D eigenvalue weighted by atomic mass is 32.2. The van der Waals surface area contributed by atoms with Crippen LogP contribution >= 0.6 is 11.8 Å². The van der Waals surface area contributed by atoms with Gasteiger partial charge < -0.3 is 5.32 Å². The molecule has 0 aliphatic heterocycles. The topological polar surface area (TPSA) is 24.9 Å². The largest absolute Gasteiger partial charge is 0.370 e. The molecule has 0 saturated carbocycles. The van der Waals surface area contributed by atoms with Crippen molar-refractivity contribution in [2.24, 2.45) is 0 Å². The molecule has 1 aromatic heterocycles. The van der Waals surface area contributed by atoms with Gasteiger partial charge in [0.25, 0.3) is 0 Å². The molecule has 1 aromatic rings. The fourth-order valence-electron chi connectivity index (χ4n) is 1.04. The lowest BCUT2D eigenvalue weighted by Gasteiger charge is -2.04. The number of pyridine rings is 1. The Morgan fingerprint density at radius 3 is 3.07 bits per heavy atom. The molecule has 0 fully saturated rings. The van der Waals surface area contributed by atoms with Crippen molar-refractivity contribution in [2.75, 3.05) is 23.4 Å². The summed E-state index contributed by atoms with van der Waals surface area (Å²) in [5, 5.41) is 3.08. The summed E-state index contributed by atoms with van der Waals surface area (Å²) in [6.45, 7) is 3.00. The van der Waals surface area contributed by atoms with Crippen LogP contribution in [0, 0.1) is 5.95 Å². The van der Waals surface area contributed by atoms with Crippen LogP contribution in [0.25, 0.3) is 0 Å². The summed E-state index contributed by atoms with van der Waals surface area (Å²) in [4.78, 5) is 3.71. The average molecular weight is 214 g/mol. The molecule has 4 heteroatoms. The third-order valence-electron chi connectivity index (χ3n) is 1.69. The number of anilines is 1. The van der Waals surface area contributed by atoms with Crippen LogP contribution in [0.5, 0.6) is 0 Å². The summed E-state index contributed by atoms with van der Waals surface area (Å²) in [6.07, 6.45) is 1.08. The number of rotatable bonds is 6. The minimum Gasteiger partial charge on any atom is -0.370 e. The summed E-state index contributed by atoms with van der Waals surface area (Å²) in [5.41, 5.74) is 0. The van der Waals surface area contributed by atoms with Crippen LogP contribution in [-0.2, 0) is 0 Å². The van der Waals surface area contributed by atoms with Gasteiger partial charge >= 0.3 is 0 Å². The van der Waals surface area contributed by atoms with Gasteiger partial charge in [-0.3, -0.25) is 0 Å². The first-order chi connectivity index (χ1) is 6.83. The van der Waals surface area contributed by atoms with Gasteiger partial charge in [-0.1, -0.05) is 13.0 Å². The van der Waals surface area contributed by atoms with E-state index in [2.05, 4.69) is 17.2 Å². The van der Waals surface area contributed by atoms with E-state index >= 15 is 0 Å². The van der Waals surface area contributed by atoms with Crippen LogP contribution in [0.1, 0.15) is 13.3 Å². The van der Waals surface area contributed by atoms with E-state index in [0.29, 0.717) is 5.82 Å². The maximum Gasteiger partial charge on any atom is 0.214 e. The van der Waals surface area contributed by atoms with E-state index < -0.39 is 5.95 Å². The van der Waals surface area contributed by atoms with Gasteiger partial charge in [0.15, 0.2) is 0 Å². The number of aromatic nitrogens is 1. The summed E-state index contributed by atoms with van der Waals surface area (Å²) in [7, 11) is 0. The van der Waals surface area contributed by atoms with Gasteiger partial charge in [-0.2, -0.15) is 16.2 Å². The molecule has 0 radical (unpaired) electrons. The van der Waals surface area contributed by atoms with Gasteiger partial charge in [-0.25, -0.2) is 4.98 Å². The monoisotopic (exact) mass is 214 g/mol. The Balaban J connectivity index is 2.18. The van der Waals surface area contributed by atoms with Crippen LogP contribution in [0.2, 0.25) is 0 Å². The second kappa shape index (κ2) is 6.65. The average Bonchev–Trinajstić information content (AvgIpc) is 2.18. The van der Waals surface area contributed by atoms with Crippen molar-refractivity contribution < 1.29 is 4.39 Å². The minimum atomic E-state index is -0.432. The molecule has 0 aliphatic carbocycles. The molecular weight excluding hydrogens is 199 g/mol. The van der Waals surface area contributed by atoms with Gasteiger partial charge in [0.1, 0.15) is 5.82 Å². The summed E-state index contributed by atoms with van der Waals surface area (Å²) in [5.74, 6) is 2.47. The smallest absolute Gasteiger partial charge is 0.214 e. The number of thioether (sulfide) groups is 1. The molecule has 0 saturated heterocycles. The van der Waals surface area contributed by atoms with Crippen molar-refractivity contribution >= 4 is 17.6 Å². The normalized spacial score (nSPS) is 10.1. The van der Waals surface area contributed by atoms with Crippen molar-refractivity contribution in [3.8, 4) is 0 Å². The molecule has 14 heavy (non-hydrogen) atoms. The lowest BCUT2D eigenvalue weighted by Crippen LogP contribution is -2.04. The maximum atomic E-state index is 12.6. The van der Waals surface area contributed by atoms with Crippen molar-refractivity contribution in [2.45, 2.75) is 13.3 Å². The molecular formula is C10H15FN2S. The highest BCUT2D eigenvalue weighted by Gasteiger charge is 1.94. The zero-order chi connectivity index (χ0) is 10.2. The number of nitrogens with one attached hydrogen (secondary N) is 1. The Morgan fingerprint density at radius 1 is 1.50 bits per heavy atom. The maximum absolute atomic E-state index is 12.6. The number of halogens is 1. The molecule has 0 atom stereocenters. The molecule has 0 bridgehead atoms. The van der Waals surface area contributed by atoms with Crippen molar-refractivity contribution in [1.82, 2.24) is 4.98 Å². The lowest BCUT2D eigenvalue weighted by atomic mass is 10.4. The fraction of sp³-hybridized carbons (Fsp3) is 0.500. The van der Waals surface area contributed by atoms with Gasteiger partial charge in [0, 0.05) is 6.54 Å². The third kappa shape index (κ3) is 4.46. The quantitative estimate of drug-likeness (QED) is 0.582. The lowest BCUT2D eigenvalue weighted by molar-refractivity contribution is 0.585. The molecule has 78 valence electrons. The first-order valence-electron chi connectivity index (χ1n) is 4.77. The molecule has 0 aromatic carbocycles. The van der Waals surface area contributed by atoms with E-state index in [1.807, 2.05) is 11.8 Å². The molecule has 0 amide bonds. The number of nitrogens with zero attached hydrogens (tertiary/aromatic N) is 1.